The molecule has 1 aromatic heterocycles. The lowest BCUT2D eigenvalue weighted by molar-refractivity contribution is 0.532. The number of hydrogen-bond acceptors (Lipinski definition) is 4. The summed E-state index contributed by atoms with van der Waals surface area (Å²) in [5, 5.41) is 12.7. The molecule has 21 heavy (non-hydrogen) atoms. The van der Waals surface area contributed by atoms with Crippen LogP contribution < -0.4 is 10.5 Å². The van der Waals surface area contributed by atoms with Crippen molar-refractivity contribution in [3.8, 4) is 0 Å². The second kappa shape index (κ2) is 5.87. The highest BCUT2D eigenvalue weighted by molar-refractivity contribution is 7.89. The summed E-state index contributed by atoms with van der Waals surface area (Å²) in [6.07, 6.45) is 3.72. The van der Waals surface area contributed by atoms with Gasteiger partial charge in [0.05, 0.1) is 16.8 Å². The van der Waals surface area contributed by atoms with E-state index >= 15 is 0 Å². The highest BCUT2D eigenvalue weighted by Crippen LogP contribution is 2.20. The Morgan fingerprint density at radius 1 is 1.19 bits per heavy atom. The van der Waals surface area contributed by atoms with E-state index in [0.29, 0.717) is 6.04 Å². The molecule has 114 valence electrons. The van der Waals surface area contributed by atoms with Gasteiger partial charge in [-0.05, 0) is 38.5 Å². The molecule has 3 N–H and O–H groups in total. The van der Waals surface area contributed by atoms with E-state index < -0.39 is 10.0 Å². The minimum atomic E-state index is -3.64. The number of rotatable bonds is 5. The minimum Gasteiger partial charge on any atom is -0.376 e. The van der Waals surface area contributed by atoms with Crippen LogP contribution in [0, 0.1) is 0 Å². The van der Waals surface area contributed by atoms with E-state index in [-0.39, 0.29) is 10.9 Å². The summed E-state index contributed by atoms with van der Waals surface area (Å²) < 4.78 is 24.3. The van der Waals surface area contributed by atoms with Crippen molar-refractivity contribution < 1.29 is 8.42 Å². The third-order valence-corrected chi connectivity index (χ3v) is 4.15. The quantitative estimate of drug-likeness (QED) is 0.886. The van der Waals surface area contributed by atoms with Crippen molar-refractivity contribution in [2.24, 2.45) is 5.14 Å². The van der Waals surface area contributed by atoms with Gasteiger partial charge in [-0.15, -0.1) is 0 Å². The van der Waals surface area contributed by atoms with Gasteiger partial charge in [-0.1, -0.05) is 12.1 Å². The number of nitrogens with two attached hydrogens (primary N) is 1. The van der Waals surface area contributed by atoms with Gasteiger partial charge in [0.25, 0.3) is 0 Å². The fraction of sp³-hybridized carbons (Fsp3) is 0.357. The molecule has 1 aromatic carbocycles. The van der Waals surface area contributed by atoms with Crippen molar-refractivity contribution in [2.75, 3.05) is 5.32 Å². The Morgan fingerprint density at radius 2 is 1.81 bits per heavy atom. The van der Waals surface area contributed by atoms with Crippen LogP contribution in [0.3, 0.4) is 0 Å². The molecule has 0 spiro atoms. The lowest BCUT2D eigenvalue weighted by atomic mass is 10.1. The molecule has 1 heterocycles. The van der Waals surface area contributed by atoms with E-state index in [4.69, 9.17) is 5.14 Å². The Hall–Kier alpha value is -1.86. The van der Waals surface area contributed by atoms with Gasteiger partial charge in [-0.25, -0.2) is 13.6 Å². The maximum absolute atomic E-state index is 11.2. The molecule has 0 saturated heterocycles. The molecule has 0 aliphatic carbocycles. The minimum absolute atomic E-state index is 0.0318. The topological polar surface area (TPSA) is 90.0 Å². The Morgan fingerprint density at radius 3 is 2.29 bits per heavy atom. The van der Waals surface area contributed by atoms with Crippen molar-refractivity contribution in [3.63, 3.8) is 0 Å². The van der Waals surface area contributed by atoms with E-state index in [2.05, 4.69) is 24.3 Å². The Kier molecular flexibility index (Phi) is 4.34. The van der Waals surface area contributed by atoms with Crippen molar-refractivity contribution in [1.82, 2.24) is 9.78 Å². The van der Waals surface area contributed by atoms with Crippen LogP contribution >= 0.6 is 0 Å². The van der Waals surface area contributed by atoms with Crippen molar-refractivity contribution in [3.05, 3.63) is 42.2 Å². The van der Waals surface area contributed by atoms with Gasteiger partial charge in [-0.3, -0.25) is 4.68 Å². The van der Waals surface area contributed by atoms with Crippen LogP contribution in [0.1, 0.15) is 38.4 Å². The summed E-state index contributed by atoms with van der Waals surface area (Å²) in [7, 11) is -3.64. The van der Waals surface area contributed by atoms with E-state index in [1.807, 2.05) is 17.8 Å². The number of hydrogen-bond donors (Lipinski definition) is 2. The number of aromatic nitrogens is 2. The van der Waals surface area contributed by atoms with Gasteiger partial charge < -0.3 is 5.32 Å². The van der Waals surface area contributed by atoms with E-state index in [1.165, 1.54) is 12.1 Å². The van der Waals surface area contributed by atoms with Gasteiger partial charge >= 0.3 is 0 Å². The number of sulfonamides is 1. The van der Waals surface area contributed by atoms with Crippen LogP contribution in [0.5, 0.6) is 0 Å². The monoisotopic (exact) mass is 308 g/mol. The molecule has 2 aromatic rings. The van der Waals surface area contributed by atoms with E-state index in [1.54, 1.807) is 18.3 Å². The number of nitrogens with zero attached hydrogens (tertiary/aromatic N) is 2. The lowest BCUT2D eigenvalue weighted by Crippen LogP contribution is -2.12. The summed E-state index contributed by atoms with van der Waals surface area (Å²) in [6.45, 7) is 6.12. The largest absolute Gasteiger partial charge is 0.376 e. The predicted molar refractivity (Wildman–Crippen MR) is 82.5 cm³/mol. The molecule has 6 nitrogen and oxygen atoms in total. The zero-order valence-corrected chi connectivity index (χ0v) is 13.1. The molecule has 0 aliphatic heterocycles. The van der Waals surface area contributed by atoms with Gasteiger partial charge in [0.15, 0.2) is 0 Å². The SMILES string of the molecule is CC(Nc1cnn(C(C)C)c1)c1ccc(S(N)(=O)=O)cc1. The summed E-state index contributed by atoms with van der Waals surface area (Å²) in [5.74, 6) is 0. The van der Waals surface area contributed by atoms with Crippen LogP contribution in [0.25, 0.3) is 0 Å². The average Bonchev–Trinajstić information content (AvgIpc) is 2.86. The molecule has 0 fully saturated rings. The first-order valence-electron chi connectivity index (χ1n) is 6.71. The summed E-state index contributed by atoms with van der Waals surface area (Å²) in [4.78, 5) is 0.117. The number of anilines is 1. The third kappa shape index (κ3) is 3.83. The zero-order chi connectivity index (χ0) is 15.6. The first kappa shape index (κ1) is 15.5. The number of benzene rings is 1. The fourth-order valence-corrected chi connectivity index (χ4v) is 2.49. The fourth-order valence-electron chi connectivity index (χ4n) is 1.97. The van der Waals surface area contributed by atoms with Gasteiger partial charge in [0.2, 0.25) is 10.0 Å². The third-order valence-electron chi connectivity index (χ3n) is 3.22. The first-order chi connectivity index (χ1) is 9.77. The molecule has 0 aliphatic rings. The predicted octanol–water partition coefficient (Wildman–Crippen LogP) is 2.28. The van der Waals surface area contributed by atoms with Crippen LogP contribution in [0.4, 0.5) is 5.69 Å². The molecule has 7 heteroatoms. The molecule has 1 atom stereocenters. The molecule has 0 radical (unpaired) electrons. The second-order valence-electron chi connectivity index (χ2n) is 5.28. The zero-order valence-electron chi connectivity index (χ0n) is 12.3. The van der Waals surface area contributed by atoms with Gasteiger partial charge in [0.1, 0.15) is 0 Å². The standard InChI is InChI=1S/C14H20N4O2S/c1-10(2)18-9-13(8-16-18)17-11(3)12-4-6-14(7-5-12)21(15,19)20/h4-11,17H,1-3H3,(H2,15,19,20). The average molecular weight is 308 g/mol. The Balaban J connectivity index is 2.11. The van der Waals surface area contributed by atoms with Crippen LogP contribution in [0.15, 0.2) is 41.6 Å². The highest BCUT2D eigenvalue weighted by Gasteiger charge is 2.11. The van der Waals surface area contributed by atoms with E-state index in [0.717, 1.165) is 11.3 Å². The van der Waals surface area contributed by atoms with E-state index in [9.17, 15) is 8.42 Å². The molecule has 0 bridgehead atoms. The lowest BCUT2D eigenvalue weighted by Gasteiger charge is -2.14. The van der Waals surface area contributed by atoms with Crippen LogP contribution in [0.2, 0.25) is 0 Å². The van der Waals surface area contributed by atoms with Crippen molar-refractivity contribution >= 4 is 15.7 Å². The molecule has 0 amide bonds. The van der Waals surface area contributed by atoms with Crippen molar-refractivity contribution in [1.29, 1.82) is 0 Å². The van der Waals surface area contributed by atoms with Gasteiger partial charge in [0, 0.05) is 18.3 Å². The molecule has 0 saturated carbocycles. The number of nitrogens with one attached hydrogen (secondary N) is 1. The van der Waals surface area contributed by atoms with Gasteiger partial charge in [-0.2, -0.15) is 5.10 Å². The maximum Gasteiger partial charge on any atom is 0.238 e. The Bertz CT molecular complexity index is 705. The summed E-state index contributed by atoms with van der Waals surface area (Å²) in [5.41, 5.74) is 1.89. The van der Waals surface area contributed by atoms with Crippen LogP contribution in [-0.4, -0.2) is 18.2 Å². The summed E-state index contributed by atoms with van der Waals surface area (Å²) >= 11 is 0. The number of primary sulfonamides is 1. The molecule has 1 unspecified atom stereocenters. The molecular formula is C14H20N4O2S. The normalized spacial score (nSPS) is 13.4. The van der Waals surface area contributed by atoms with Crippen LogP contribution in [-0.2, 0) is 10.0 Å². The van der Waals surface area contributed by atoms with Crippen molar-refractivity contribution in [2.45, 2.75) is 37.8 Å². The molecule has 2 rings (SSSR count). The maximum atomic E-state index is 11.2. The second-order valence-corrected chi connectivity index (χ2v) is 6.84. The smallest absolute Gasteiger partial charge is 0.238 e. The first-order valence-corrected chi connectivity index (χ1v) is 8.25. The summed E-state index contributed by atoms with van der Waals surface area (Å²) in [6, 6.07) is 6.88. The molecular weight excluding hydrogens is 288 g/mol. The Labute approximate surface area is 125 Å². The highest BCUT2D eigenvalue weighted by atomic mass is 32.2.